The van der Waals surface area contributed by atoms with Crippen molar-refractivity contribution in [2.75, 3.05) is 14.2 Å². The van der Waals surface area contributed by atoms with Crippen molar-refractivity contribution >= 4 is 29.1 Å². The quantitative estimate of drug-likeness (QED) is 0.431. The molecule has 0 saturated heterocycles. The molecule has 0 aliphatic rings. The lowest BCUT2D eigenvalue weighted by atomic mass is 10.2. The summed E-state index contributed by atoms with van der Waals surface area (Å²) >= 11 is 0. The van der Waals surface area contributed by atoms with Crippen molar-refractivity contribution in [2.45, 2.75) is 13.0 Å². The van der Waals surface area contributed by atoms with Crippen LogP contribution in [0.3, 0.4) is 0 Å². The van der Waals surface area contributed by atoms with E-state index in [0.29, 0.717) is 22.6 Å². The Morgan fingerprint density at radius 3 is 2.53 bits per heavy atom. The Balaban J connectivity index is 1.79. The molecule has 1 atom stereocenters. The summed E-state index contributed by atoms with van der Waals surface area (Å²) in [5, 5.41) is 13.7. The van der Waals surface area contributed by atoms with E-state index in [4.69, 9.17) is 23.7 Å². The number of fused-ring (bicyclic) bond motifs is 1. The van der Waals surface area contributed by atoms with E-state index >= 15 is 0 Å². The molecule has 3 rings (SSSR count). The van der Waals surface area contributed by atoms with E-state index in [-0.39, 0.29) is 11.5 Å². The number of hydrogen-bond acceptors (Lipinski definition) is 7. The number of methoxy groups -OCH3 is 2. The Morgan fingerprint density at radius 2 is 1.83 bits per heavy atom. The van der Waals surface area contributed by atoms with Crippen LogP contribution >= 0.6 is 0 Å². The van der Waals surface area contributed by atoms with Gasteiger partial charge in [-0.15, -0.1) is 0 Å². The number of carboxylic acid groups (broad SMARTS) is 1. The van der Waals surface area contributed by atoms with Gasteiger partial charge in [-0.25, -0.2) is 10.2 Å². The monoisotopic (exact) mass is 412 g/mol. The zero-order chi connectivity index (χ0) is 21.7. The van der Waals surface area contributed by atoms with Crippen LogP contribution in [0.2, 0.25) is 0 Å². The molecule has 0 spiro atoms. The smallest absolute Gasteiger partial charge is 0.344 e. The molecule has 156 valence electrons. The number of carboxylic acids is 1. The number of hydrazone groups is 1. The molecule has 0 radical (unpaired) electrons. The van der Waals surface area contributed by atoms with Gasteiger partial charge >= 0.3 is 11.9 Å². The molecule has 0 unspecified atom stereocenters. The van der Waals surface area contributed by atoms with E-state index in [9.17, 15) is 9.59 Å². The zero-order valence-corrected chi connectivity index (χ0v) is 16.5. The molecule has 1 aromatic heterocycles. The highest BCUT2D eigenvalue weighted by molar-refractivity contribution is 5.98. The molecule has 0 bridgehead atoms. The third-order valence-corrected chi connectivity index (χ3v) is 4.19. The lowest BCUT2D eigenvalue weighted by Crippen LogP contribution is -2.23. The molecule has 9 heteroatoms. The summed E-state index contributed by atoms with van der Waals surface area (Å²) in [6.45, 7) is 1.40. The number of rotatable bonds is 8. The van der Waals surface area contributed by atoms with Gasteiger partial charge in [-0.1, -0.05) is 18.2 Å². The minimum atomic E-state index is -1.13. The van der Waals surface area contributed by atoms with E-state index in [2.05, 4.69) is 10.5 Å². The fourth-order valence-electron chi connectivity index (χ4n) is 2.67. The number of para-hydroxylation sites is 2. The molecule has 0 aliphatic heterocycles. The van der Waals surface area contributed by atoms with Crippen molar-refractivity contribution in [2.24, 2.45) is 5.10 Å². The fraction of sp³-hybridized carbons (Fsp3) is 0.190. The standard InChI is InChI=1S/C21H20N2O7/c1-12(21(25)26)29-19-14(7-5-9-16(19)28-3)11-22-23-20(24)17-10-13-6-4-8-15(27-2)18(13)30-17/h4-12H,1-3H3,(H,23,24)(H,25,26)/b22-11-/t12-/m0/s1. The van der Waals surface area contributed by atoms with Crippen LogP contribution in [0.15, 0.2) is 52.0 Å². The molecule has 30 heavy (non-hydrogen) atoms. The van der Waals surface area contributed by atoms with Crippen molar-refractivity contribution < 1.29 is 33.3 Å². The second-order valence-electron chi connectivity index (χ2n) is 6.17. The summed E-state index contributed by atoms with van der Waals surface area (Å²) in [5.41, 5.74) is 3.25. The molecule has 3 aromatic rings. The molecule has 0 aliphatic carbocycles. The van der Waals surface area contributed by atoms with Gasteiger partial charge in [0.25, 0.3) is 0 Å². The van der Waals surface area contributed by atoms with E-state index < -0.39 is 18.0 Å². The van der Waals surface area contributed by atoms with Gasteiger partial charge in [-0.2, -0.15) is 5.10 Å². The molecular weight excluding hydrogens is 392 g/mol. The first-order valence-corrected chi connectivity index (χ1v) is 8.91. The molecule has 0 saturated carbocycles. The summed E-state index contributed by atoms with van der Waals surface area (Å²) in [6.07, 6.45) is 0.224. The average Bonchev–Trinajstić information content (AvgIpc) is 3.19. The predicted octanol–water partition coefficient (Wildman–Crippen LogP) is 3.07. The highest BCUT2D eigenvalue weighted by atomic mass is 16.5. The predicted molar refractivity (Wildman–Crippen MR) is 109 cm³/mol. The van der Waals surface area contributed by atoms with E-state index in [1.165, 1.54) is 27.4 Å². The Labute approximate surface area is 171 Å². The number of benzene rings is 2. The highest BCUT2D eigenvalue weighted by Gasteiger charge is 2.18. The topological polar surface area (TPSA) is 120 Å². The second-order valence-corrected chi connectivity index (χ2v) is 6.17. The van der Waals surface area contributed by atoms with Crippen LogP contribution in [0.1, 0.15) is 23.0 Å². The zero-order valence-electron chi connectivity index (χ0n) is 16.5. The third kappa shape index (κ3) is 4.35. The average molecular weight is 412 g/mol. The third-order valence-electron chi connectivity index (χ3n) is 4.19. The SMILES string of the molecule is COc1cccc(/C=N\NC(=O)c2cc3cccc(OC)c3o2)c1O[C@@H](C)C(=O)O. The van der Waals surface area contributed by atoms with Crippen LogP contribution in [0, 0.1) is 0 Å². The fourth-order valence-corrected chi connectivity index (χ4v) is 2.67. The summed E-state index contributed by atoms with van der Waals surface area (Å²) in [6, 6.07) is 11.9. The largest absolute Gasteiger partial charge is 0.493 e. The second kappa shape index (κ2) is 8.99. The van der Waals surface area contributed by atoms with Crippen LogP contribution in [0.5, 0.6) is 17.2 Å². The van der Waals surface area contributed by atoms with Gasteiger partial charge in [0.05, 0.1) is 20.4 Å². The van der Waals surface area contributed by atoms with Crippen molar-refractivity contribution in [3.8, 4) is 17.2 Å². The van der Waals surface area contributed by atoms with Crippen LogP contribution < -0.4 is 19.6 Å². The number of aliphatic carboxylic acids is 1. The summed E-state index contributed by atoms with van der Waals surface area (Å²) in [7, 11) is 2.95. The maximum absolute atomic E-state index is 12.4. The van der Waals surface area contributed by atoms with E-state index in [1.807, 2.05) is 0 Å². The van der Waals surface area contributed by atoms with Crippen molar-refractivity contribution in [1.82, 2.24) is 5.43 Å². The number of nitrogens with zero attached hydrogens (tertiary/aromatic N) is 1. The number of amides is 1. The number of furan rings is 1. The highest BCUT2D eigenvalue weighted by Crippen LogP contribution is 2.31. The van der Waals surface area contributed by atoms with Crippen LogP contribution in [-0.2, 0) is 4.79 Å². The van der Waals surface area contributed by atoms with E-state index in [0.717, 1.165) is 5.39 Å². The lowest BCUT2D eigenvalue weighted by Gasteiger charge is -2.15. The summed E-state index contributed by atoms with van der Waals surface area (Å²) in [4.78, 5) is 23.5. The van der Waals surface area contributed by atoms with Gasteiger partial charge in [-0.05, 0) is 31.2 Å². The number of carbonyl (C=O) groups is 2. The van der Waals surface area contributed by atoms with Gasteiger partial charge in [0.15, 0.2) is 34.7 Å². The number of nitrogens with one attached hydrogen (secondary N) is 1. The van der Waals surface area contributed by atoms with Crippen LogP contribution in [-0.4, -0.2) is 43.5 Å². The van der Waals surface area contributed by atoms with Gasteiger partial charge in [0, 0.05) is 10.9 Å². The summed E-state index contributed by atoms with van der Waals surface area (Å²) in [5.74, 6) is -0.579. The number of carbonyl (C=O) groups excluding carboxylic acids is 1. The Morgan fingerprint density at radius 1 is 1.13 bits per heavy atom. The molecule has 9 nitrogen and oxygen atoms in total. The first-order chi connectivity index (χ1) is 14.4. The first-order valence-electron chi connectivity index (χ1n) is 8.91. The van der Waals surface area contributed by atoms with Gasteiger partial charge < -0.3 is 23.7 Å². The molecule has 2 aromatic carbocycles. The molecule has 1 heterocycles. The van der Waals surface area contributed by atoms with Crippen molar-refractivity contribution in [1.29, 1.82) is 0 Å². The van der Waals surface area contributed by atoms with Crippen molar-refractivity contribution in [3.63, 3.8) is 0 Å². The lowest BCUT2D eigenvalue weighted by molar-refractivity contribution is -0.144. The van der Waals surface area contributed by atoms with Crippen LogP contribution in [0.4, 0.5) is 0 Å². The molecular formula is C21H20N2O7. The number of ether oxygens (including phenoxy) is 3. The minimum absolute atomic E-state index is 0.0632. The Hall–Kier alpha value is -4.01. The van der Waals surface area contributed by atoms with Crippen molar-refractivity contribution in [3.05, 3.63) is 53.8 Å². The molecule has 2 N–H and O–H groups in total. The van der Waals surface area contributed by atoms with E-state index in [1.54, 1.807) is 42.5 Å². The first kappa shape index (κ1) is 20.7. The number of hydrogen-bond donors (Lipinski definition) is 2. The van der Waals surface area contributed by atoms with Gasteiger partial charge in [-0.3, -0.25) is 4.79 Å². The minimum Gasteiger partial charge on any atom is -0.493 e. The van der Waals surface area contributed by atoms with Gasteiger partial charge in [0.1, 0.15) is 0 Å². The molecule has 1 amide bonds. The normalized spacial score (nSPS) is 12.0. The van der Waals surface area contributed by atoms with Crippen LogP contribution in [0.25, 0.3) is 11.0 Å². The summed E-state index contributed by atoms with van der Waals surface area (Å²) < 4.78 is 21.5. The molecule has 0 fully saturated rings. The van der Waals surface area contributed by atoms with Gasteiger partial charge in [0.2, 0.25) is 0 Å². The maximum Gasteiger partial charge on any atom is 0.344 e. The maximum atomic E-state index is 12.4. The Bertz CT molecular complexity index is 1100. The Kier molecular flexibility index (Phi) is 6.21.